The zero-order valence-corrected chi connectivity index (χ0v) is 16.4. The molecule has 0 saturated heterocycles. The highest BCUT2D eigenvalue weighted by Crippen LogP contribution is 2.35. The Kier molecular flexibility index (Phi) is 5.28. The molecule has 0 unspecified atom stereocenters. The van der Waals surface area contributed by atoms with Gasteiger partial charge in [-0.05, 0) is 70.0 Å². The van der Waals surface area contributed by atoms with Crippen molar-refractivity contribution in [1.82, 2.24) is 14.8 Å². The van der Waals surface area contributed by atoms with Gasteiger partial charge in [-0.3, -0.25) is 9.67 Å². The first-order valence-electron chi connectivity index (χ1n) is 8.68. The molecule has 0 fully saturated rings. The molecular weight excluding hydrogens is 326 g/mol. The molecule has 130 valence electrons. The minimum atomic E-state index is 0.324. The molecule has 0 saturated carbocycles. The predicted octanol–water partition coefficient (Wildman–Crippen LogP) is 5.53. The molecule has 3 nitrogen and oxygen atoms in total. The lowest BCUT2D eigenvalue weighted by Crippen LogP contribution is -2.05. The Morgan fingerprint density at radius 1 is 1.04 bits per heavy atom. The van der Waals surface area contributed by atoms with Gasteiger partial charge >= 0.3 is 0 Å². The average Bonchev–Trinajstić information content (AvgIpc) is 2.84. The van der Waals surface area contributed by atoms with Crippen LogP contribution in [-0.2, 0) is 6.42 Å². The molecule has 3 rings (SSSR count). The van der Waals surface area contributed by atoms with Crippen molar-refractivity contribution in [3.63, 3.8) is 0 Å². The fraction of sp³-hybridized carbons (Fsp3) is 0.333. The van der Waals surface area contributed by atoms with Gasteiger partial charge in [0, 0.05) is 34.8 Å². The van der Waals surface area contributed by atoms with Gasteiger partial charge in [0.2, 0.25) is 0 Å². The maximum atomic E-state index is 4.82. The van der Waals surface area contributed by atoms with E-state index in [-0.39, 0.29) is 0 Å². The van der Waals surface area contributed by atoms with Crippen LogP contribution in [0.4, 0.5) is 0 Å². The monoisotopic (exact) mass is 351 g/mol. The summed E-state index contributed by atoms with van der Waals surface area (Å²) < 4.78 is 2.15. The van der Waals surface area contributed by atoms with E-state index in [2.05, 4.69) is 68.5 Å². The summed E-state index contributed by atoms with van der Waals surface area (Å²) in [5.74, 6) is 0. The van der Waals surface area contributed by atoms with Crippen LogP contribution < -0.4 is 0 Å². The predicted molar refractivity (Wildman–Crippen MR) is 104 cm³/mol. The minimum Gasteiger partial charge on any atom is -0.261 e. The maximum Gasteiger partial charge on any atom is 0.103 e. The van der Waals surface area contributed by atoms with Crippen molar-refractivity contribution in [3.05, 3.63) is 70.7 Å². The van der Waals surface area contributed by atoms with Crippen molar-refractivity contribution in [2.45, 2.75) is 57.0 Å². The van der Waals surface area contributed by atoms with Crippen LogP contribution in [0.2, 0.25) is 0 Å². The minimum absolute atomic E-state index is 0.324. The topological polar surface area (TPSA) is 30.7 Å². The molecule has 25 heavy (non-hydrogen) atoms. The van der Waals surface area contributed by atoms with E-state index in [4.69, 9.17) is 5.10 Å². The van der Waals surface area contributed by atoms with Gasteiger partial charge in [0.25, 0.3) is 0 Å². The second-order valence-corrected chi connectivity index (χ2v) is 7.89. The lowest BCUT2D eigenvalue weighted by molar-refractivity contribution is 0.489. The van der Waals surface area contributed by atoms with Crippen LogP contribution >= 0.6 is 11.8 Å². The zero-order chi connectivity index (χ0) is 18.0. The van der Waals surface area contributed by atoms with Crippen molar-refractivity contribution in [2.75, 3.05) is 0 Å². The first-order chi connectivity index (χ1) is 11.9. The number of rotatable bonds is 5. The molecule has 1 aromatic carbocycles. The fourth-order valence-electron chi connectivity index (χ4n) is 3.01. The second kappa shape index (κ2) is 7.44. The van der Waals surface area contributed by atoms with Gasteiger partial charge in [0.05, 0.1) is 5.69 Å². The molecule has 0 aliphatic rings. The Bertz CT molecular complexity index is 846. The van der Waals surface area contributed by atoms with Crippen LogP contribution in [-0.4, -0.2) is 14.8 Å². The van der Waals surface area contributed by atoms with Crippen molar-refractivity contribution in [1.29, 1.82) is 0 Å². The molecule has 0 spiro atoms. The number of pyridine rings is 1. The summed E-state index contributed by atoms with van der Waals surface area (Å²) in [6.45, 7) is 10.8. The Hall–Kier alpha value is -2.07. The summed E-state index contributed by atoms with van der Waals surface area (Å²) in [7, 11) is 0. The highest BCUT2D eigenvalue weighted by molar-refractivity contribution is 7.99. The van der Waals surface area contributed by atoms with Crippen LogP contribution in [0.25, 0.3) is 0 Å². The molecule has 3 aromatic rings. The number of benzene rings is 1. The van der Waals surface area contributed by atoms with Crippen LogP contribution in [0.5, 0.6) is 0 Å². The van der Waals surface area contributed by atoms with Gasteiger partial charge in [0.1, 0.15) is 5.03 Å². The molecule has 0 N–H and O–H groups in total. The zero-order valence-electron chi connectivity index (χ0n) is 15.6. The van der Waals surface area contributed by atoms with E-state index < -0.39 is 0 Å². The summed E-state index contributed by atoms with van der Waals surface area (Å²) in [6, 6.07) is 13.1. The smallest absolute Gasteiger partial charge is 0.103 e. The van der Waals surface area contributed by atoms with E-state index in [0.717, 1.165) is 17.8 Å². The highest BCUT2D eigenvalue weighted by Gasteiger charge is 2.19. The Morgan fingerprint density at radius 2 is 1.76 bits per heavy atom. The van der Waals surface area contributed by atoms with Crippen LogP contribution in [0.15, 0.2) is 52.5 Å². The van der Waals surface area contributed by atoms with Crippen LogP contribution in [0.3, 0.4) is 0 Å². The molecular formula is C21H25N3S. The molecule has 0 radical (unpaired) electrons. The molecule has 4 heteroatoms. The number of hydrogen-bond acceptors (Lipinski definition) is 3. The summed E-state index contributed by atoms with van der Waals surface area (Å²) in [4.78, 5) is 5.76. The van der Waals surface area contributed by atoms with E-state index >= 15 is 0 Å². The quantitative estimate of drug-likeness (QED) is 0.606. The summed E-state index contributed by atoms with van der Waals surface area (Å²) >= 11 is 1.81. The van der Waals surface area contributed by atoms with Crippen molar-refractivity contribution < 1.29 is 0 Å². The number of hydrogen-bond donors (Lipinski definition) is 0. The number of nitrogens with zero attached hydrogens (tertiary/aromatic N) is 3. The van der Waals surface area contributed by atoms with Crippen LogP contribution in [0, 0.1) is 20.8 Å². The molecule has 0 atom stereocenters. The van der Waals surface area contributed by atoms with Crippen molar-refractivity contribution in [2.24, 2.45) is 0 Å². The summed E-state index contributed by atoms with van der Waals surface area (Å²) in [5.41, 5.74) is 6.03. The normalized spacial score (nSPS) is 11.3. The van der Waals surface area contributed by atoms with Crippen LogP contribution in [0.1, 0.15) is 48.0 Å². The molecule has 0 aliphatic carbocycles. The van der Waals surface area contributed by atoms with Gasteiger partial charge in [-0.25, -0.2) is 0 Å². The van der Waals surface area contributed by atoms with Gasteiger partial charge in [0.15, 0.2) is 0 Å². The van der Waals surface area contributed by atoms with Gasteiger partial charge < -0.3 is 0 Å². The Morgan fingerprint density at radius 3 is 2.36 bits per heavy atom. The van der Waals surface area contributed by atoms with E-state index in [1.165, 1.54) is 26.6 Å². The maximum absolute atomic E-state index is 4.82. The third-order valence-electron chi connectivity index (χ3n) is 4.14. The van der Waals surface area contributed by atoms with Gasteiger partial charge in [-0.15, -0.1) is 0 Å². The third kappa shape index (κ3) is 4.13. The highest BCUT2D eigenvalue weighted by atomic mass is 32.2. The van der Waals surface area contributed by atoms with E-state index in [1.807, 2.05) is 30.1 Å². The lowest BCUT2D eigenvalue weighted by atomic mass is 10.1. The summed E-state index contributed by atoms with van der Waals surface area (Å²) in [6.07, 6.45) is 2.67. The average molecular weight is 352 g/mol. The fourth-order valence-corrected chi connectivity index (χ4v) is 4.41. The molecule has 2 aromatic heterocycles. The Balaban J connectivity index is 2.03. The number of aryl methyl sites for hydroxylation is 3. The Labute approximate surface area is 154 Å². The first kappa shape index (κ1) is 17.7. The largest absolute Gasteiger partial charge is 0.261 e. The number of aromatic nitrogens is 3. The first-order valence-corrected chi connectivity index (χ1v) is 9.49. The van der Waals surface area contributed by atoms with Gasteiger partial charge in [-0.1, -0.05) is 23.9 Å². The van der Waals surface area contributed by atoms with Crippen molar-refractivity contribution in [3.8, 4) is 0 Å². The van der Waals surface area contributed by atoms with Crippen molar-refractivity contribution >= 4 is 11.8 Å². The lowest BCUT2D eigenvalue weighted by Gasteiger charge is -2.13. The molecule has 0 amide bonds. The summed E-state index contributed by atoms with van der Waals surface area (Å²) in [5, 5.41) is 6.04. The van der Waals surface area contributed by atoms with Gasteiger partial charge in [-0.2, -0.15) is 5.10 Å². The molecule has 2 heterocycles. The SMILES string of the molecule is Cc1cc(C)cc(Sc2c(Cc3ccccn3)c(C)nn2C(C)C)c1. The van der Waals surface area contributed by atoms with E-state index in [0.29, 0.717) is 6.04 Å². The second-order valence-electron chi connectivity index (χ2n) is 6.83. The molecule has 0 bridgehead atoms. The molecule has 0 aliphatic heterocycles. The van der Waals surface area contributed by atoms with E-state index in [1.54, 1.807) is 0 Å². The van der Waals surface area contributed by atoms with E-state index in [9.17, 15) is 0 Å². The third-order valence-corrected chi connectivity index (χ3v) is 5.24. The standard InChI is InChI=1S/C21H25N3S/c1-14(2)24-21(25-19-11-15(3)10-16(4)12-19)20(17(5)23-24)13-18-8-6-7-9-22-18/h6-12,14H,13H2,1-5H3.